The highest BCUT2D eigenvalue weighted by Crippen LogP contribution is 2.36. The molecule has 25 heavy (non-hydrogen) atoms. The van der Waals surface area contributed by atoms with Gasteiger partial charge in [0.15, 0.2) is 0 Å². The molecule has 2 aromatic rings. The van der Waals surface area contributed by atoms with Crippen molar-refractivity contribution in [2.75, 3.05) is 0 Å². The van der Waals surface area contributed by atoms with E-state index in [-0.39, 0.29) is 9.52 Å². The lowest BCUT2D eigenvalue weighted by Gasteiger charge is -2.12. The van der Waals surface area contributed by atoms with Crippen LogP contribution < -0.4 is 5.19 Å². The van der Waals surface area contributed by atoms with Crippen LogP contribution in [0.15, 0.2) is 71.4 Å². The highest BCUT2D eigenvalue weighted by Gasteiger charge is 2.18. The van der Waals surface area contributed by atoms with E-state index in [1.807, 2.05) is 0 Å². The molecule has 1 aliphatic rings. The zero-order valence-corrected chi connectivity index (χ0v) is 17.1. The molecule has 0 bridgehead atoms. The maximum Gasteiger partial charge on any atom is 0.0832 e. The minimum atomic E-state index is -0.331. The van der Waals surface area contributed by atoms with Gasteiger partial charge >= 0.3 is 0 Å². The SMILES string of the molecule is CCCCc1ccc(C2=CCC([SiH2]c3ccccc3)=C2CCC)cc1. The van der Waals surface area contributed by atoms with E-state index >= 15 is 0 Å². The number of aryl methyl sites for hydroxylation is 1. The Kier molecular flexibility index (Phi) is 6.46. The molecule has 1 aliphatic carbocycles. The van der Waals surface area contributed by atoms with Crippen LogP contribution in [-0.2, 0) is 6.42 Å². The van der Waals surface area contributed by atoms with E-state index in [0.29, 0.717) is 0 Å². The lowest BCUT2D eigenvalue weighted by Crippen LogP contribution is -2.16. The number of rotatable bonds is 8. The molecule has 130 valence electrons. The van der Waals surface area contributed by atoms with Crippen LogP contribution in [0.4, 0.5) is 0 Å². The fourth-order valence-corrected chi connectivity index (χ4v) is 5.64. The minimum absolute atomic E-state index is 0.331. The number of unbranched alkanes of at least 4 members (excludes halogenated alkanes) is 1. The van der Waals surface area contributed by atoms with Crippen molar-refractivity contribution in [3.8, 4) is 0 Å². The molecule has 0 fully saturated rings. The molecule has 0 unspecified atom stereocenters. The molecule has 0 radical (unpaired) electrons. The Morgan fingerprint density at radius 1 is 0.840 bits per heavy atom. The van der Waals surface area contributed by atoms with Crippen LogP contribution >= 0.6 is 0 Å². The molecule has 0 N–H and O–H groups in total. The van der Waals surface area contributed by atoms with E-state index < -0.39 is 0 Å². The molecule has 0 heterocycles. The van der Waals surface area contributed by atoms with E-state index in [1.165, 1.54) is 55.2 Å². The predicted octanol–water partition coefficient (Wildman–Crippen LogP) is 5.36. The summed E-state index contributed by atoms with van der Waals surface area (Å²) in [5, 5.41) is 3.31. The van der Waals surface area contributed by atoms with Crippen LogP contribution in [0.2, 0.25) is 0 Å². The Morgan fingerprint density at radius 3 is 2.28 bits per heavy atom. The summed E-state index contributed by atoms with van der Waals surface area (Å²) >= 11 is 0. The average molecular weight is 347 g/mol. The Bertz CT molecular complexity index is 735. The van der Waals surface area contributed by atoms with Crippen molar-refractivity contribution in [2.24, 2.45) is 0 Å². The first kappa shape index (κ1) is 17.9. The molecule has 3 rings (SSSR count). The quantitative estimate of drug-likeness (QED) is 0.564. The average Bonchev–Trinajstić information content (AvgIpc) is 3.04. The van der Waals surface area contributed by atoms with Gasteiger partial charge in [-0.05, 0) is 48.0 Å². The molecule has 1 heteroatoms. The third-order valence-corrected chi connectivity index (χ3v) is 7.17. The standard InChI is InChI=1S/C24H30Si/c1-3-5-10-19-13-15-20(16-14-19)22-17-18-24(23(22)9-4-2)25-21-11-7-6-8-12-21/h6-8,11-17H,3-5,9-10,18,25H2,1-2H3. The van der Waals surface area contributed by atoms with Crippen molar-refractivity contribution in [1.29, 1.82) is 0 Å². The molecular weight excluding hydrogens is 316 g/mol. The first-order chi connectivity index (χ1) is 12.3. The summed E-state index contributed by atoms with van der Waals surface area (Å²) < 4.78 is 0. The van der Waals surface area contributed by atoms with E-state index in [2.05, 4.69) is 74.5 Å². The Morgan fingerprint density at radius 2 is 1.60 bits per heavy atom. The van der Waals surface area contributed by atoms with E-state index in [4.69, 9.17) is 0 Å². The fraction of sp³-hybridized carbons (Fsp3) is 0.333. The maximum atomic E-state index is 2.48. The van der Waals surface area contributed by atoms with Gasteiger partial charge < -0.3 is 0 Å². The lowest BCUT2D eigenvalue weighted by atomic mass is 9.96. The zero-order chi connectivity index (χ0) is 17.5. The second-order valence-corrected chi connectivity index (χ2v) is 9.14. The van der Waals surface area contributed by atoms with Gasteiger partial charge in [-0.25, -0.2) is 0 Å². The van der Waals surface area contributed by atoms with Crippen molar-refractivity contribution in [1.82, 2.24) is 0 Å². The molecule has 0 spiro atoms. The first-order valence-electron chi connectivity index (χ1n) is 9.86. The van der Waals surface area contributed by atoms with Gasteiger partial charge in [-0.1, -0.05) is 97.7 Å². The summed E-state index contributed by atoms with van der Waals surface area (Å²) in [6.07, 6.45) is 9.87. The second-order valence-electron chi connectivity index (χ2n) is 7.12. The van der Waals surface area contributed by atoms with Gasteiger partial charge in [0.2, 0.25) is 0 Å². The summed E-state index contributed by atoms with van der Waals surface area (Å²) in [6, 6.07) is 20.5. The van der Waals surface area contributed by atoms with Crippen LogP contribution in [-0.4, -0.2) is 9.52 Å². The van der Waals surface area contributed by atoms with Crippen molar-refractivity contribution in [2.45, 2.75) is 52.4 Å². The molecular formula is C24H30Si. The lowest BCUT2D eigenvalue weighted by molar-refractivity contribution is 0.795. The van der Waals surface area contributed by atoms with Gasteiger partial charge in [0.25, 0.3) is 0 Å². The highest BCUT2D eigenvalue weighted by molar-refractivity contribution is 6.61. The van der Waals surface area contributed by atoms with Gasteiger partial charge in [0, 0.05) is 0 Å². The third kappa shape index (κ3) is 4.61. The molecule has 0 aliphatic heterocycles. The number of hydrogen-bond donors (Lipinski definition) is 0. The zero-order valence-electron chi connectivity index (χ0n) is 15.7. The van der Waals surface area contributed by atoms with Crippen molar-refractivity contribution < 1.29 is 0 Å². The van der Waals surface area contributed by atoms with Gasteiger partial charge in [-0.3, -0.25) is 0 Å². The number of benzene rings is 2. The molecule has 2 aromatic carbocycles. The molecule has 0 atom stereocenters. The first-order valence-corrected chi connectivity index (χ1v) is 11.3. The Balaban J connectivity index is 1.80. The Labute approximate surface area is 155 Å². The molecule has 0 aromatic heterocycles. The normalized spacial score (nSPS) is 14.6. The van der Waals surface area contributed by atoms with Crippen LogP contribution in [0.3, 0.4) is 0 Å². The smallest absolute Gasteiger partial charge is 0.0752 e. The van der Waals surface area contributed by atoms with Crippen LogP contribution in [0, 0.1) is 0 Å². The van der Waals surface area contributed by atoms with E-state index in [1.54, 1.807) is 16.0 Å². The largest absolute Gasteiger partial charge is 0.0832 e. The summed E-state index contributed by atoms with van der Waals surface area (Å²) in [4.78, 5) is 0. The number of hydrogen-bond acceptors (Lipinski definition) is 0. The van der Waals surface area contributed by atoms with Crippen LogP contribution in [0.5, 0.6) is 0 Å². The van der Waals surface area contributed by atoms with Crippen LogP contribution in [0.25, 0.3) is 5.57 Å². The summed E-state index contributed by atoms with van der Waals surface area (Å²) in [5.41, 5.74) is 6.06. The molecule has 0 amide bonds. The van der Waals surface area contributed by atoms with Gasteiger partial charge in [0.1, 0.15) is 0 Å². The van der Waals surface area contributed by atoms with Gasteiger partial charge in [-0.2, -0.15) is 0 Å². The topological polar surface area (TPSA) is 0 Å². The minimum Gasteiger partial charge on any atom is -0.0752 e. The Hall–Kier alpha value is -1.86. The molecule has 0 saturated heterocycles. The number of allylic oxidation sites excluding steroid dienone is 4. The second kappa shape index (κ2) is 9.01. The summed E-state index contributed by atoms with van der Waals surface area (Å²) in [7, 11) is -0.331. The summed E-state index contributed by atoms with van der Waals surface area (Å²) in [5.74, 6) is 0. The third-order valence-electron chi connectivity index (χ3n) is 5.15. The van der Waals surface area contributed by atoms with Crippen LogP contribution in [0.1, 0.15) is 57.1 Å². The fourth-order valence-electron chi connectivity index (χ4n) is 3.77. The van der Waals surface area contributed by atoms with Crippen molar-refractivity contribution >= 4 is 20.3 Å². The predicted molar refractivity (Wildman–Crippen MR) is 114 cm³/mol. The van der Waals surface area contributed by atoms with E-state index in [0.717, 1.165) is 0 Å². The molecule has 0 nitrogen and oxygen atoms in total. The molecule has 0 saturated carbocycles. The van der Waals surface area contributed by atoms with Gasteiger partial charge in [-0.15, -0.1) is 0 Å². The van der Waals surface area contributed by atoms with Crippen molar-refractivity contribution in [3.63, 3.8) is 0 Å². The highest BCUT2D eigenvalue weighted by atomic mass is 28.2. The van der Waals surface area contributed by atoms with E-state index in [9.17, 15) is 0 Å². The monoisotopic (exact) mass is 346 g/mol. The van der Waals surface area contributed by atoms with Crippen molar-refractivity contribution in [3.05, 3.63) is 82.6 Å². The summed E-state index contributed by atoms with van der Waals surface area (Å²) in [6.45, 7) is 4.57. The maximum absolute atomic E-state index is 2.48. The van der Waals surface area contributed by atoms with Gasteiger partial charge in [0.05, 0.1) is 9.52 Å².